The van der Waals surface area contributed by atoms with Gasteiger partial charge in [0.05, 0.1) is 6.04 Å². The lowest BCUT2D eigenvalue weighted by Gasteiger charge is -2.33. The Labute approximate surface area is 167 Å². The molecule has 28 heavy (non-hydrogen) atoms. The molecule has 0 spiro atoms. The molecule has 0 radical (unpaired) electrons. The van der Waals surface area contributed by atoms with Gasteiger partial charge in [0, 0.05) is 58.3 Å². The van der Waals surface area contributed by atoms with E-state index in [4.69, 9.17) is 4.74 Å². The van der Waals surface area contributed by atoms with E-state index in [9.17, 15) is 0 Å². The summed E-state index contributed by atoms with van der Waals surface area (Å²) in [6.45, 7) is 9.25. The zero-order valence-electron chi connectivity index (χ0n) is 16.9. The second kappa shape index (κ2) is 9.58. The predicted molar refractivity (Wildman–Crippen MR) is 108 cm³/mol. The van der Waals surface area contributed by atoms with Crippen LogP contribution in [-0.4, -0.2) is 75.9 Å². The molecule has 2 aromatic rings. The van der Waals surface area contributed by atoms with Crippen molar-refractivity contribution in [2.75, 3.05) is 45.9 Å². The summed E-state index contributed by atoms with van der Waals surface area (Å²) in [5.41, 5.74) is 1.31. The van der Waals surface area contributed by atoms with E-state index in [0.29, 0.717) is 6.04 Å². The monoisotopic (exact) mass is 384 g/mol. The number of pyridine rings is 1. The Hall–Kier alpha value is -1.83. The fraction of sp³-hybridized carbons (Fsp3) is 0.667. The number of aromatic amines is 1. The average molecular weight is 385 g/mol. The summed E-state index contributed by atoms with van der Waals surface area (Å²) >= 11 is 0. The molecule has 2 fully saturated rings. The third-order valence-corrected chi connectivity index (χ3v) is 6.05. The highest BCUT2D eigenvalue weighted by molar-refractivity contribution is 5.08. The first-order valence-corrected chi connectivity index (χ1v) is 10.6. The van der Waals surface area contributed by atoms with Gasteiger partial charge < -0.3 is 9.64 Å². The van der Waals surface area contributed by atoms with Crippen LogP contribution >= 0.6 is 0 Å². The van der Waals surface area contributed by atoms with Crippen LogP contribution in [0.1, 0.15) is 42.5 Å². The quantitative estimate of drug-likeness (QED) is 0.824. The van der Waals surface area contributed by atoms with Crippen molar-refractivity contribution in [3.63, 3.8) is 0 Å². The van der Waals surface area contributed by atoms with Crippen molar-refractivity contribution >= 4 is 0 Å². The number of hydrogen-bond donors (Lipinski definition) is 1. The molecule has 7 heteroatoms. The lowest BCUT2D eigenvalue weighted by molar-refractivity contribution is 0.0451. The number of ether oxygens (including phenoxy) is 1. The number of hydrogen-bond acceptors (Lipinski definition) is 6. The van der Waals surface area contributed by atoms with E-state index < -0.39 is 0 Å². The Kier molecular flexibility index (Phi) is 6.67. The van der Waals surface area contributed by atoms with Gasteiger partial charge in [-0.05, 0) is 50.2 Å². The molecule has 0 bridgehead atoms. The Morgan fingerprint density at radius 2 is 2.07 bits per heavy atom. The van der Waals surface area contributed by atoms with E-state index in [1.807, 2.05) is 25.4 Å². The van der Waals surface area contributed by atoms with Gasteiger partial charge in [-0.2, -0.15) is 5.10 Å². The fourth-order valence-electron chi connectivity index (χ4n) is 4.36. The molecule has 2 aliphatic heterocycles. The Morgan fingerprint density at radius 3 is 2.82 bits per heavy atom. The van der Waals surface area contributed by atoms with Crippen LogP contribution in [0.2, 0.25) is 0 Å². The highest BCUT2D eigenvalue weighted by Crippen LogP contribution is 2.27. The fourth-order valence-corrected chi connectivity index (χ4v) is 4.36. The highest BCUT2D eigenvalue weighted by Gasteiger charge is 2.30. The Morgan fingerprint density at radius 1 is 1.18 bits per heavy atom. The van der Waals surface area contributed by atoms with Crippen molar-refractivity contribution in [3.8, 4) is 0 Å². The zero-order valence-corrected chi connectivity index (χ0v) is 16.9. The molecular formula is C21H32N6O. The molecule has 4 rings (SSSR count). The maximum Gasteiger partial charge on any atom is 0.167 e. The minimum atomic E-state index is 0.302. The van der Waals surface area contributed by atoms with Crippen LogP contribution in [0.4, 0.5) is 0 Å². The second-order valence-electron chi connectivity index (χ2n) is 8.09. The van der Waals surface area contributed by atoms with Gasteiger partial charge in [0.15, 0.2) is 5.82 Å². The summed E-state index contributed by atoms with van der Waals surface area (Å²) in [5.74, 6) is 2.58. The first-order valence-electron chi connectivity index (χ1n) is 10.6. The summed E-state index contributed by atoms with van der Waals surface area (Å²) in [6, 6.07) is 4.49. The number of rotatable bonds is 6. The van der Waals surface area contributed by atoms with Gasteiger partial charge in [-0.1, -0.05) is 6.07 Å². The van der Waals surface area contributed by atoms with Crippen LogP contribution in [0.5, 0.6) is 0 Å². The normalized spacial score (nSPS) is 23.0. The Bertz CT molecular complexity index is 715. The summed E-state index contributed by atoms with van der Waals surface area (Å²) in [6.07, 6.45) is 8.29. The van der Waals surface area contributed by atoms with Gasteiger partial charge in [0.1, 0.15) is 5.82 Å². The molecular weight excluding hydrogens is 352 g/mol. The number of aromatic nitrogens is 4. The molecule has 1 N–H and O–H groups in total. The standard InChI is InChI=1S/C21H32N6O/c1-17-23-21(25-24-17)20-5-10-26(9-4-18-3-2-8-22-15-18)11-12-27(20)16-19-6-13-28-14-7-19/h2-3,8,15,19-20H,4-7,9-14,16H2,1H3,(H,23,24,25). The smallest absolute Gasteiger partial charge is 0.167 e. The van der Waals surface area contributed by atoms with Crippen molar-refractivity contribution in [2.45, 2.75) is 38.6 Å². The minimum absolute atomic E-state index is 0.302. The first kappa shape index (κ1) is 19.5. The van der Waals surface area contributed by atoms with Gasteiger partial charge in [0.25, 0.3) is 0 Å². The average Bonchev–Trinajstić information content (AvgIpc) is 3.06. The SMILES string of the molecule is Cc1nc(C2CCN(CCc3cccnc3)CCN2CC2CCOCC2)n[nH]1. The van der Waals surface area contributed by atoms with Gasteiger partial charge >= 0.3 is 0 Å². The van der Waals surface area contributed by atoms with Crippen molar-refractivity contribution in [1.82, 2.24) is 30.0 Å². The molecule has 7 nitrogen and oxygen atoms in total. The summed E-state index contributed by atoms with van der Waals surface area (Å²) in [5, 5.41) is 7.55. The molecule has 152 valence electrons. The van der Waals surface area contributed by atoms with Crippen LogP contribution in [-0.2, 0) is 11.2 Å². The van der Waals surface area contributed by atoms with E-state index in [1.165, 1.54) is 18.4 Å². The van der Waals surface area contributed by atoms with Gasteiger partial charge in [-0.15, -0.1) is 0 Å². The summed E-state index contributed by atoms with van der Waals surface area (Å²) in [7, 11) is 0. The van der Waals surface area contributed by atoms with Crippen molar-refractivity contribution in [1.29, 1.82) is 0 Å². The lowest BCUT2D eigenvalue weighted by Crippen LogP contribution is -2.38. The van der Waals surface area contributed by atoms with Crippen molar-refractivity contribution in [3.05, 3.63) is 41.7 Å². The molecule has 1 atom stereocenters. The topological polar surface area (TPSA) is 70.2 Å². The van der Waals surface area contributed by atoms with Crippen LogP contribution in [0, 0.1) is 12.8 Å². The molecule has 0 saturated carbocycles. The first-order chi connectivity index (χ1) is 13.8. The van der Waals surface area contributed by atoms with E-state index in [0.717, 1.165) is 76.3 Å². The number of nitrogens with one attached hydrogen (secondary N) is 1. The molecule has 0 amide bonds. The Balaban J connectivity index is 1.41. The molecule has 4 heterocycles. The lowest BCUT2D eigenvalue weighted by atomic mass is 9.98. The number of H-pyrrole nitrogens is 1. The van der Waals surface area contributed by atoms with E-state index >= 15 is 0 Å². The number of nitrogens with zero attached hydrogens (tertiary/aromatic N) is 5. The summed E-state index contributed by atoms with van der Waals surface area (Å²) < 4.78 is 5.56. The van der Waals surface area contributed by atoms with E-state index in [1.54, 1.807) is 0 Å². The second-order valence-corrected chi connectivity index (χ2v) is 8.09. The van der Waals surface area contributed by atoms with Gasteiger partial charge in [0.2, 0.25) is 0 Å². The van der Waals surface area contributed by atoms with Gasteiger partial charge in [-0.3, -0.25) is 15.0 Å². The van der Waals surface area contributed by atoms with Crippen LogP contribution in [0.25, 0.3) is 0 Å². The van der Waals surface area contributed by atoms with Crippen LogP contribution in [0.3, 0.4) is 0 Å². The highest BCUT2D eigenvalue weighted by atomic mass is 16.5. The third kappa shape index (κ3) is 5.16. The molecule has 1 unspecified atom stereocenters. The van der Waals surface area contributed by atoms with Gasteiger partial charge in [-0.25, -0.2) is 4.98 Å². The summed E-state index contributed by atoms with van der Waals surface area (Å²) in [4.78, 5) is 14.1. The maximum atomic E-state index is 5.56. The van der Waals surface area contributed by atoms with E-state index in [2.05, 4.69) is 36.0 Å². The van der Waals surface area contributed by atoms with E-state index in [-0.39, 0.29) is 0 Å². The largest absolute Gasteiger partial charge is 0.381 e. The molecule has 2 saturated heterocycles. The molecule has 0 aromatic carbocycles. The van der Waals surface area contributed by atoms with Crippen LogP contribution < -0.4 is 0 Å². The zero-order chi connectivity index (χ0) is 19.2. The minimum Gasteiger partial charge on any atom is -0.381 e. The third-order valence-electron chi connectivity index (χ3n) is 6.05. The maximum absolute atomic E-state index is 5.56. The van der Waals surface area contributed by atoms with Crippen molar-refractivity contribution in [2.24, 2.45) is 5.92 Å². The molecule has 2 aromatic heterocycles. The molecule has 2 aliphatic rings. The molecule has 0 aliphatic carbocycles. The predicted octanol–water partition coefficient (Wildman–Crippen LogP) is 2.23. The van der Waals surface area contributed by atoms with Crippen LogP contribution in [0.15, 0.2) is 24.5 Å². The van der Waals surface area contributed by atoms with Crippen molar-refractivity contribution < 1.29 is 4.74 Å². The number of aryl methyl sites for hydroxylation is 1.